The monoisotopic (exact) mass is 505 g/mol. The van der Waals surface area contributed by atoms with E-state index in [4.69, 9.17) is 10.8 Å². The Kier molecular flexibility index (Phi) is 6.98. The molecule has 0 saturated heterocycles. The summed E-state index contributed by atoms with van der Waals surface area (Å²) in [4.78, 5) is 47.2. The third-order valence-corrected chi connectivity index (χ3v) is 5.97. The van der Waals surface area contributed by atoms with E-state index < -0.39 is 29.7 Å². The van der Waals surface area contributed by atoms with Crippen LogP contribution >= 0.6 is 0 Å². The predicted molar refractivity (Wildman–Crippen MR) is 137 cm³/mol. The van der Waals surface area contributed by atoms with Crippen LogP contribution in [-0.4, -0.2) is 45.8 Å². The second kappa shape index (κ2) is 10.2. The van der Waals surface area contributed by atoms with Gasteiger partial charge in [-0.2, -0.15) is 0 Å². The summed E-state index contributed by atoms with van der Waals surface area (Å²) in [6, 6.07) is 14.8. The van der Waals surface area contributed by atoms with Crippen LogP contribution in [-0.2, 0) is 16.1 Å². The van der Waals surface area contributed by atoms with Gasteiger partial charge < -0.3 is 31.5 Å². The summed E-state index contributed by atoms with van der Waals surface area (Å²) in [5, 5.41) is 31.2. The third kappa shape index (κ3) is 5.96. The fourth-order valence-electron chi connectivity index (χ4n) is 4.15. The lowest BCUT2D eigenvalue weighted by Crippen LogP contribution is -2.61. The number of nitrogens with one attached hydrogen (secondary N) is 4. The minimum absolute atomic E-state index is 0.214. The molecule has 0 bridgehead atoms. The Bertz CT molecular complexity index is 1390. The Morgan fingerprint density at radius 3 is 2.41 bits per heavy atom. The fourth-order valence-corrected chi connectivity index (χ4v) is 4.15. The molecule has 2 amide bonds. The predicted octanol–water partition coefficient (Wildman–Crippen LogP) is 2.29. The second-order valence-corrected chi connectivity index (χ2v) is 9.05. The average Bonchev–Trinajstić information content (AvgIpc) is 2.83. The first kappa shape index (κ1) is 25.5. The van der Waals surface area contributed by atoms with E-state index in [1.807, 2.05) is 30.3 Å². The zero-order valence-electron chi connectivity index (χ0n) is 20.0. The maximum Gasteiger partial charge on any atom is 0.326 e. The molecule has 4 rings (SSSR count). The molecule has 8 N–H and O–H groups in total. The van der Waals surface area contributed by atoms with Crippen molar-refractivity contribution < 1.29 is 29.4 Å². The minimum atomic E-state index is -1.30. The van der Waals surface area contributed by atoms with Gasteiger partial charge in [0.05, 0.1) is 11.3 Å². The van der Waals surface area contributed by atoms with Crippen LogP contribution in [0.2, 0.25) is 0 Å². The molecule has 1 aliphatic rings. The van der Waals surface area contributed by atoms with Gasteiger partial charge in [-0.1, -0.05) is 18.2 Å². The van der Waals surface area contributed by atoms with Gasteiger partial charge in [-0.3, -0.25) is 20.1 Å². The van der Waals surface area contributed by atoms with E-state index in [9.17, 15) is 24.3 Å². The largest absolute Gasteiger partial charge is 0.481 e. The number of anilines is 2. The summed E-state index contributed by atoms with van der Waals surface area (Å²) < 4.78 is 0. The van der Waals surface area contributed by atoms with Crippen molar-refractivity contribution in [3.8, 4) is 0 Å². The number of carbonyl (C=O) groups excluding carboxylic acids is 2. The standard InChI is InChI=1S/C26H27N5O6/c1-26(27)30-19-9-6-15-3-2-14(12-18(15)22(19)24(35)31-26)13-28-17-7-4-16(5-8-17)23(34)29-20(25(36)37)10-11-21(32)33/h2-9,12,20,28,30H,10-11,13,27H2,1H3,(H,29,34)(H,31,35)(H,32,33)(H,36,37)/t20-,26?/m0/s1. The summed E-state index contributed by atoms with van der Waals surface area (Å²) in [6.07, 6.45) is -0.584. The van der Waals surface area contributed by atoms with Crippen LogP contribution in [0.1, 0.15) is 46.0 Å². The minimum Gasteiger partial charge on any atom is -0.481 e. The van der Waals surface area contributed by atoms with Gasteiger partial charge in [0.2, 0.25) is 0 Å². The lowest BCUT2D eigenvalue weighted by Gasteiger charge is -2.34. The van der Waals surface area contributed by atoms with Crippen LogP contribution < -0.4 is 27.0 Å². The number of carboxylic acid groups (broad SMARTS) is 2. The van der Waals surface area contributed by atoms with Gasteiger partial charge in [-0.05, 0) is 66.1 Å². The molecule has 3 aromatic carbocycles. The van der Waals surface area contributed by atoms with Crippen molar-refractivity contribution in [2.75, 3.05) is 10.6 Å². The Labute approximate surface area is 212 Å². The van der Waals surface area contributed by atoms with E-state index in [2.05, 4.69) is 21.3 Å². The van der Waals surface area contributed by atoms with Crippen molar-refractivity contribution in [1.82, 2.24) is 10.6 Å². The summed E-state index contributed by atoms with van der Waals surface area (Å²) in [5.41, 5.74) is 9.13. The van der Waals surface area contributed by atoms with Crippen LogP contribution in [0.15, 0.2) is 54.6 Å². The van der Waals surface area contributed by atoms with Gasteiger partial charge in [0.15, 0.2) is 5.79 Å². The van der Waals surface area contributed by atoms with Gasteiger partial charge in [-0.25, -0.2) is 4.79 Å². The number of carbonyl (C=O) groups is 4. The summed E-state index contributed by atoms with van der Waals surface area (Å²) in [7, 11) is 0. The lowest BCUT2D eigenvalue weighted by molar-refractivity contribution is -0.140. The number of hydrogen-bond donors (Lipinski definition) is 7. The maximum absolute atomic E-state index is 12.7. The fraction of sp³-hybridized carbons (Fsp3) is 0.231. The molecule has 3 aromatic rings. The molecule has 0 aromatic heterocycles. The Hall–Kier alpha value is -4.64. The number of amides is 2. The lowest BCUT2D eigenvalue weighted by atomic mass is 9.97. The number of hydrogen-bond acceptors (Lipinski definition) is 7. The zero-order chi connectivity index (χ0) is 26.7. The van der Waals surface area contributed by atoms with Crippen LogP contribution in [0.3, 0.4) is 0 Å². The molecule has 1 heterocycles. The van der Waals surface area contributed by atoms with Crippen molar-refractivity contribution in [1.29, 1.82) is 0 Å². The van der Waals surface area contributed by atoms with Crippen molar-refractivity contribution >= 4 is 45.9 Å². The van der Waals surface area contributed by atoms with E-state index in [1.54, 1.807) is 31.2 Å². The van der Waals surface area contributed by atoms with Crippen molar-refractivity contribution in [3.05, 3.63) is 71.3 Å². The zero-order valence-corrected chi connectivity index (χ0v) is 20.0. The van der Waals surface area contributed by atoms with Crippen molar-refractivity contribution in [2.24, 2.45) is 5.73 Å². The molecule has 1 aliphatic heterocycles. The van der Waals surface area contributed by atoms with Gasteiger partial charge in [0, 0.05) is 24.2 Å². The molecule has 1 unspecified atom stereocenters. The maximum atomic E-state index is 12.7. The van der Waals surface area contributed by atoms with Crippen molar-refractivity contribution in [2.45, 2.75) is 38.1 Å². The third-order valence-electron chi connectivity index (χ3n) is 5.97. The molecular formula is C26H27N5O6. The number of nitrogens with two attached hydrogens (primary N) is 1. The molecule has 2 atom stereocenters. The molecule has 37 heavy (non-hydrogen) atoms. The highest BCUT2D eigenvalue weighted by Crippen LogP contribution is 2.31. The van der Waals surface area contributed by atoms with E-state index >= 15 is 0 Å². The summed E-state index contributed by atoms with van der Waals surface area (Å²) in [6.45, 7) is 2.13. The Morgan fingerprint density at radius 1 is 1.03 bits per heavy atom. The first-order valence-corrected chi connectivity index (χ1v) is 11.6. The molecule has 192 valence electrons. The van der Waals surface area contributed by atoms with Gasteiger partial charge in [-0.15, -0.1) is 0 Å². The number of benzene rings is 3. The molecule has 0 spiro atoms. The van der Waals surface area contributed by atoms with Gasteiger partial charge in [0.25, 0.3) is 11.8 Å². The van der Waals surface area contributed by atoms with Gasteiger partial charge >= 0.3 is 11.9 Å². The number of rotatable bonds is 9. The van der Waals surface area contributed by atoms with Crippen LogP contribution in [0.25, 0.3) is 10.8 Å². The number of fused-ring (bicyclic) bond motifs is 3. The van der Waals surface area contributed by atoms with E-state index in [1.165, 1.54) is 0 Å². The highest BCUT2D eigenvalue weighted by molar-refractivity contribution is 6.13. The first-order valence-electron chi connectivity index (χ1n) is 11.6. The number of carboxylic acids is 2. The smallest absolute Gasteiger partial charge is 0.326 e. The quantitative estimate of drug-likeness (QED) is 0.229. The second-order valence-electron chi connectivity index (χ2n) is 9.05. The van der Waals surface area contributed by atoms with Crippen molar-refractivity contribution in [3.63, 3.8) is 0 Å². The average molecular weight is 506 g/mol. The van der Waals surface area contributed by atoms with E-state index in [-0.39, 0.29) is 24.3 Å². The summed E-state index contributed by atoms with van der Waals surface area (Å²) in [5.74, 6) is -4.33. The van der Waals surface area contributed by atoms with E-state index in [0.29, 0.717) is 17.8 Å². The normalized spacial score (nSPS) is 17.2. The molecule has 0 fully saturated rings. The molecule has 0 saturated carbocycles. The topological polar surface area (TPSA) is 183 Å². The highest BCUT2D eigenvalue weighted by Gasteiger charge is 2.31. The van der Waals surface area contributed by atoms with E-state index in [0.717, 1.165) is 22.0 Å². The molecule has 0 aliphatic carbocycles. The molecular weight excluding hydrogens is 478 g/mol. The SMILES string of the molecule is CC1(N)NC(=O)c2c(ccc3ccc(CNc4ccc(C(=O)N[C@@H](CCC(=O)O)C(=O)O)cc4)cc23)N1. The summed E-state index contributed by atoms with van der Waals surface area (Å²) >= 11 is 0. The molecule has 0 radical (unpaired) electrons. The van der Waals surface area contributed by atoms with Crippen LogP contribution in [0, 0.1) is 0 Å². The highest BCUT2D eigenvalue weighted by atomic mass is 16.4. The number of aliphatic carboxylic acids is 2. The van der Waals surface area contributed by atoms with Crippen LogP contribution in [0.5, 0.6) is 0 Å². The van der Waals surface area contributed by atoms with Crippen LogP contribution in [0.4, 0.5) is 11.4 Å². The Morgan fingerprint density at radius 2 is 1.73 bits per heavy atom. The Balaban J connectivity index is 1.43. The van der Waals surface area contributed by atoms with Gasteiger partial charge in [0.1, 0.15) is 6.04 Å². The molecule has 11 heteroatoms. The first-order chi connectivity index (χ1) is 17.5. The molecule has 11 nitrogen and oxygen atoms in total.